The Morgan fingerprint density at radius 2 is 1.83 bits per heavy atom. The molecular weight excluding hydrogens is 298 g/mol. The molecule has 1 fully saturated rings. The van der Waals surface area contributed by atoms with Crippen molar-refractivity contribution in [1.82, 2.24) is 4.90 Å². The molecule has 126 valence electrons. The maximum atomic E-state index is 12.3. The summed E-state index contributed by atoms with van der Waals surface area (Å²) in [5, 5.41) is 0. The summed E-state index contributed by atoms with van der Waals surface area (Å²) in [7, 11) is 1.31. The molecule has 1 aliphatic heterocycles. The van der Waals surface area contributed by atoms with Gasteiger partial charge in [0.15, 0.2) is 0 Å². The number of hydrogen-bond acceptors (Lipinski definition) is 5. The van der Waals surface area contributed by atoms with Gasteiger partial charge in [0.1, 0.15) is 23.5 Å². The van der Waals surface area contributed by atoms with E-state index in [2.05, 4.69) is 0 Å². The molecule has 0 aliphatic carbocycles. The molecule has 1 aromatic rings. The van der Waals surface area contributed by atoms with E-state index in [1.165, 1.54) is 12.0 Å². The number of hydrogen-bond donors (Lipinski definition) is 0. The Hall–Kier alpha value is -2.24. The molecule has 23 heavy (non-hydrogen) atoms. The Balaban J connectivity index is 2.09. The third kappa shape index (κ3) is 4.61. The van der Waals surface area contributed by atoms with Crippen LogP contribution in [0.15, 0.2) is 30.3 Å². The van der Waals surface area contributed by atoms with Gasteiger partial charge in [0.05, 0.1) is 13.7 Å². The van der Waals surface area contributed by atoms with E-state index in [0.717, 1.165) is 0 Å². The van der Waals surface area contributed by atoms with Crippen LogP contribution in [-0.2, 0) is 14.3 Å². The first kappa shape index (κ1) is 17.1. The van der Waals surface area contributed by atoms with Gasteiger partial charge in [-0.15, -0.1) is 0 Å². The molecule has 0 aromatic heterocycles. The van der Waals surface area contributed by atoms with Crippen LogP contribution in [0.1, 0.15) is 27.2 Å². The minimum atomic E-state index is -0.691. The summed E-state index contributed by atoms with van der Waals surface area (Å²) < 4.78 is 16.0. The van der Waals surface area contributed by atoms with Crippen LogP contribution in [0.3, 0.4) is 0 Å². The Morgan fingerprint density at radius 1 is 1.17 bits per heavy atom. The molecule has 1 amide bonds. The number of esters is 1. The van der Waals surface area contributed by atoms with Crippen molar-refractivity contribution in [2.75, 3.05) is 13.7 Å². The van der Waals surface area contributed by atoms with Crippen molar-refractivity contribution in [3.05, 3.63) is 30.3 Å². The van der Waals surface area contributed by atoms with Gasteiger partial charge in [0.2, 0.25) is 0 Å². The number of methoxy groups -OCH3 is 1. The lowest BCUT2D eigenvalue weighted by atomic mass is 10.2. The smallest absolute Gasteiger partial charge is 0.411 e. The second kappa shape index (κ2) is 6.89. The van der Waals surface area contributed by atoms with E-state index in [1.54, 1.807) is 20.8 Å². The normalized spacial score (nSPS) is 21.0. The molecule has 0 unspecified atom stereocenters. The van der Waals surface area contributed by atoms with Crippen molar-refractivity contribution in [2.45, 2.75) is 44.9 Å². The van der Waals surface area contributed by atoms with Gasteiger partial charge in [0.25, 0.3) is 0 Å². The SMILES string of the molecule is COC(=O)[C@H]1C[C@@H](Oc2ccccc2)CN1C(=O)OC(C)(C)C. The maximum Gasteiger partial charge on any atom is 0.411 e. The summed E-state index contributed by atoms with van der Waals surface area (Å²) in [6.07, 6.45) is -0.443. The number of carbonyl (C=O) groups is 2. The minimum Gasteiger partial charge on any atom is -0.488 e. The predicted octanol–water partition coefficient (Wildman–Crippen LogP) is 2.62. The van der Waals surface area contributed by atoms with E-state index in [1.807, 2.05) is 30.3 Å². The fraction of sp³-hybridized carbons (Fsp3) is 0.529. The Labute approximate surface area is 136 Å². The van der Waals surface area contributed by atoms with E-state index in [0.29, 0.717) is 12.2 Å². The van der Waals surface area contributed by atoms with Crippen LogP contribution in [0.4, 0.5) is 4.79 Å². The van der Waals surface area contributed by atoms with Crippen molar-refractivity contribution < 1.29 is 23.8 Å². The molecule has 0 radical (unpaired) electrons. The van der Waals surface area contributed by atoms with Gasteiger partial charge >= 0.3 is 12.1 Å². The highest BCUT2D eigenvalue weighted by Crippen LogP contribution is 2.25. The molecule has 0 spiro atoms. The lowest BCUT2D eigenvalue weighted by molar-refractivity contribution is -0.145. The van der Waals surface area contributed by atoms with Gasteiger partial charge in [-0.1, -0.05) is 18.2 Å². The zero-order valence-electron chi connectivity index (χ0n) is 13.9. The zero-order chi connectivity index (χ0) is 17.0. The first-order valence-electron chi connectivity index (χ1n) is 7.59. The van der Waals surface area contributed by atoms with Crippen molar-refractivity contribution in [2.24, 2.45) is 0 Å². The second-order valence-electron chi connectivity index (χ2n) is 6.46. The maximum absolute atomic E-state index is 12.3. The fourth-order valence-electron chi connectivity index (χ4n) is 2.46. The number of para-hydroxylation sites is 1. The average molecular weight is 321 g/mol. The van der Waals surface area contributed by atoms with Crippen LogP contribution >= 0.6 is 0 Å². The summed E-state index contributed by atoms with van der Waals surface area (Å²) in [5.74, 6) is 0.238. The van der Waals surface area contributed by atoms with Gasteiger partial charge in [-0.2, -0.15) is 0 Å². The number of likely N-dealkylation sites (tertiary alicyclic amines) is 1. The van der Waals surface area contributed by atoms with Gasteiger partial charge in [-0.05, 0) is 32.9 Å². The Bertz CT molecular complexity index is 552. The summed E-state index contributed by atoms with van der Waals surface area (Å²) in [5.41, 5.74) is -0.629. The average Bonchev–Trinajstić information content (AvgIpc) is 2.90. The number of carbonyl (C=O) groups excluding carboxylic acids is 2. The van der Waals surface area contributed by atoms with Crippen LogP contribution in [0, 0.1) is 0 Å². The molecule has 2 rings (SSSR count). The summed E-state index contributed by atoms with van der Waals surface area (Å²) in [6, 6.07) is 8.61. The fourth-order valence-corrected chi connectivity index (χ4v) is 2.46. The number of nitrogens with zero attached hydrogens (tertiary/aromatic N) is 1. The molecule has 0 N–H and O–H groups in total. The molecule has 2 atom stereocenters. The molecule has 1 aliphatic rings. The second-order valence-corrected chi connectivity index (χ2v) is 6.46. The van der Waals surface area contributed by atoms with E-state index < -0.39 is 23.7 Å². The number of rotatable bonds is 3. The molecule has 1 aromatic carbocycles. The predicted molar refractivity (Wildman–Crippen MR) is 84.2 cm³/mol. The van der Waals surface area contributed by atoms with Gasteiger partial charge in [-0.25, -0.2) is 9.59 Å². The third-order valence-corrected chi connectivity index (χ3v) is 3.41. The monoisotopic (exact) mass is 321 g/mol. The molecule has 6 heteroatoms. The van der Waals surface area contributed by atoms with E-state index >= 15 is 0 Å². The highest BCUT2D eigenvalue weighted by atomic mass is 16.6. The van der Waals surface area contributed by atoms with Crippen LogP contribution in [0.5, 0.6) is 5.75 Å². The standard InChI is InChI=1S/C17H23NO5/c1-17(2,3)23-16(20)18-11-13(10-14(18)15(19)21-4)22-12-8-6-5-7-9-12/h5-9,13-14H,10-11H2,1-4H3/t13-,14-/m1/s1. The van der Waals surface area contributed by atoms with Gasteiger partial charge < -0.3 is 14.2 Å². The number of ether oxygens (including phenoxy) is 3. The largest absolute Gasteiger partial charge is 0.488 e. The van der Waals surface area contributed by atoms with Crippen LogP contribution in [0.25, 0.3) is 0 Å². The molecule has 6 nitrogen and oxygen atoms in total. The summed E-state index contributed by atoms with van der Waals surface area (Å²) in [4.78, 5) is 25.7. The summed E-state index contributed by atoms with van der Waals surface area (Å²) >= 11 is 0. The highest BCUT2D eigenvalue weighted by Gasteiger charge is 2.43. The molecular formula is C17H23NO5. The lowest BCUT2D eigenvalue weighted by Gasteiger charge is -2.27. The third-order valence-electron chi connectivity index (χ3n) is 3.41. The van der Waals surface area contributed by atoms with E-state index in [9.17, 15) is 9.59 Å². The van der Waals surface area contributed by atoms with Gasteiger partial charge in [0, 0.05) is 6.42 Å². The van der Waals surface area contributed by atoms with Crippen LogP contribution in [-0.4, -0.2) is 48.4 Å². The lowest BCUT2D eigenvalue weighted by Crippen LogP contribution is -2.44. The minimum absolute atomic E-state index is 0.281. The highest BCUT2D eigenvalue weighted by molar-refractivity contribution is 5.82. The van der Waals surface area contributed by atoms with Gasteiger partial charge in [-0.3, -0.25) is 4.90 Å². The number of amides is 1. The first-order valence-corrected chi connectivity index (χ1v) is 7.59. The molecule has 0 bridgehead atoms. The van der Waals surface area contributed by atoms with Crippen molar-refractivity contribution in [1.29, 1.82) is 0 Å². The Morgan fingerprint density at radius 3 is 2.39 bits per heavy atom. The molecule has 1 saturated heterocycles. The molecule has 0 saturated carbocycles. The van der Waals surface area contributed by atoms with Crippen molar-refractivity contribution in [3.8, 4) is 5.75 Å². The number of benzene rings is 1. The quantitative estimate of drug-likeness (QED) is 0.801. The van der Waals surface area contributed by atoms with Crippen LogP contribution in [0.2, 0.25) is 0 Å². The van der Waals surface area contributed by atoms with Crippen molar-refractivity contribution in [3.63, 3.8) is 0 Å². The Kier molecular flexibility index (Phi) is 5.13. The summed E-state index contributed by atoms with van der Waals surface area (Å²) in [6.45, 7) is 5.63. The van der Waals surface area contributed by atoms with E-state index in [4.69, 9.17) is 14.2 Å². The topological polar surface area (TPSA) is 65.1 Å². The van der Waals surface area contributed by atoms with E-state index in [-0.39, 0.29) is 12.6 Å². The van der Waals surface area contributed by atoms with Crippen molar-refractivity contribution >= 4 is 12.1 Å². The zero-order valence-corrected chi connectivity index (χ0v) is 13.9. The first-order chi connectivity index (χ1) is 10.8. The molecule has 1 heterocycles. The van der Waals surface area contributed by atoms with Crippen LogP contribution < -0.4 is 4.74 Å².